The number of phenolic OH excluding ortho intramolecular Hbond substituents is 1. The molecule has 0 aliphatic rings. The van der Waals surface area contributed by atoms with Crippen molar-refractivity contribution in [3.8, 4) is 5.75 Å². The minimum Gasteiger partial charge on any atom is -0.507 e. The van der Waals surface area contributed by atoms with Crippen molar-refractivity contribution in [2.24, 2.45) is 0 Å². The first kappa shape index (κ1) is 21.6. The summed E-state index contributed by atoms with van der Waals surface area (Å²) in [6, 6.07) is 14.3. The highest BCUT2D eigenvalue weighted by molar-refractivity contribution is 7.99. The first-order chi connectivity index (χ1) is 12.5. The summed E-state index contributed by atoms with van der Waals surface area (Å²) < 4.78 is 0. The molecule has 2 rings (SSSR count). The molecule has 0 saturated heterocycles. The van der Waals surface area contributed by atoms with Crippen LogP contribution in [-0.4, -0.2) is 16.6 Å². The molecule has 1 N–H and O–H groups in total. The highest BCUT2D eigenvalue weighted by Crippen LogP contribution is 2.40. The average molecular weight is 385 g/mol. The molecular formula is C24H32O2S. The van der Waals surface area contributed by atoms with E-state index in [2.05, 4.69) is 65.8 Å². The number of aldehydes is 1. The van der Waals surface area contributed by atoms with Crippen molar-refractivity contribution in [1.29, 1.82) is 0 Å². The van der Waals surface area contributed by atoms with Gasteiger partial charge >= 0.3 is 0 Å². The van der Waals surface area contributed by atoms with E-state index < -0.39 is 0 Å². The maximum absolute atomic E-state index is 11.6. The molecule has 0 spiro atoms. The fourth-order valence-electron chi connectivity index (χ4n) is 3.12. The second-order valence-electron chi connectivity index (χ2n) is 9.21. The summed E-state index contributed by atoms with van der Waals surface area (Å²) in [7, 11) is 0. The van der Waals surface area contributed by atoms with Gasteiger partial charge in [0.1, 0.15) is 12.0 Å². The zero-order chi connectivity index (χ0) is 20.2. The molecule has 0 heterocycles. The summed E-state index contributed by atoms with van der Waals surface area (Å²) in [5.74, 6) is 1.16. The predicted molar refractivity (Wildman–Crippen MR) is 117 cm³/mol. The fourth-order valence-corrected chi connectivity index (χ4v) is 4.08. The lowest BCUT2D eigenvalue weighted by atomic mass is 9.78. The molecule has 146 valence electrons. The highest BCUT2D eigenvalue weighted by Gasteiger charge is 2.26. The third-order valence-corrected chi connectivity index (χ3v) is 5.89. The van der Waals surface area contributed by atoms with Gasteiger partial charge in [0.15, 0.2) is 0 Å². The Labute approximate surface area is 168 Å². The Morgan fingerprint density at radius 3 is 1.89 bits per heavy atom. The van der Waals surface area contributed by atoms with Gasteiger partial charge in [0.25, 0.3) is 0 Å². The smallest absolute Gasteiger partial charge is 0.133 e. The van der Waals surface area contributed by atoms with Crippen LogP contribution in [0.1, 0.15) is 63.8 Å². The van der Waals surface area contributed by atoms with Crippen molar-refractivity contribution in [3.63, 3.8) is 0 Å². The van der Waals surface area contributed by atoms with E-state index in [0.29, 0.717) is 5.75 Å². The maximum atomic E-state index is 11.6. The monoisotopic (exact) mass is 384 g/mol. The number of phenols is 1. The molecular weight excluding hydrogens is 352 g/mol. The number of carbonyl (C=O) groups excluding carboxylic acids is 1. The molecule has 0 saturated carbocycles. The number of hydrogen-bond acceptors (Lipinski definition) is 3. The van der Waals surface area contributed by atoms with Crippen LogP contribution in [-0.2, 0) is 27.8 Å². The minimum atomic E-state index is -0.140. The third kappa shape index (κ3) is 5.87. The quantitative estimate of drug-likeness (QED) is 0.618. The molecule has 2 aromatic rings. The van der Waals surface area contributed by atoms with Crippen molar-refractivity contribution in [2.45, 2.75) is 69.8 Å². The Bertz CT molecular complexity index is 732. The second-order valence-corrected chi connectivity index (χ2v) is 10.4. The van der Waals surface area contributed by atoms with Gasteiger partial charge in [-0.05, 0) is 39.5 Å². The Balaban J connectivity index is 2.25. The van der Waals surface area contributed by atoms with E-state index in [1.165, 1.54) is 5.56 Å². The van der Waals surface area contributed by atoms with Crippen molar-refractivity contribution in [2.75, 3.05) is 0 Å². The van der Waals surface area contributed by atoms with Crippen LogP contribution in [0.2, 0.25) is 0 Å². The van der Waals surface area contributed by atoms with Crippen molar-refractivity contribution in [3.05, 3.63) is 64.7 Å². The van der Waals surface area contributed by atoms with Crippen LogP contribution in [0, 0.1) is 0 Å². The molecule has 2 aromatic carbocycles. The van der Waals surface area contributed by atoms with E-state index in [1.54, 1.807) is 11.8 Å². The van der Waals surface area contributed by atoms with Gasteiger partial charge < -0.3 is 9.90 Å². The van der Waals surface area contributed by atoms with Crippen molar-refractivity contribution < 1.29 is 9.90 Å². The molecule has 0 fully saturated rings. The standard InChI is InChI=1S/C24H32O2S/c1-23(2,3)20-13-18(14-21(22(20)26)24(4,5)6)16-27-19(15-25)12-17-10-8-7-9-11-17/h7-11,13-15,19,26H,12,16H2,1-6H3. The maximum Gasteiger partial charge on any atom is 0.133 e. The van der Waals surface area contributed by atoms with Crippen LogP contribution < -0.4 is 0 Å². The molecule has 0 aromatic heterocycles. The Morgan fingerprint density at radius 2 is 1.44 bits per heavy atom. The fraction of sp³-hybridized carbons (Fsp3) is 0.458. The van der Waals surface area contributed by atoms with Gasteiger partial charge in [-0.1, -0.05) is 84.0 Å². The largest absolute Gasteiger partial charge is 0.507 e. The lowest BCUT2D eigenvalue weighted by Crippen LogP contribution is -2.18. The lowest BCUT2D eigenvalue weighted by Gasteiger charge is -2.28. The van der Waals surface area contributed by atoms with Crippen LogP contribution >= 0.6 is 11.8 Å². The number of rotatable bonds is 6. The number of benzene rings is 2. The van der Waals surface area contributed by atoms with E-state index in [0.717, 1.165) is 35.2 Å². The zero-order valence-corrected chi connectivity index (χ0v) is 18.2. The lowest BCUT2D eigenvalue weighted by molar-refractivity contribution is -0.107. The SMILES string of the molecule is CC(C)(C)c1cc(CSC(C=O)Cc2ccccc2)cc(C(C)(C)C)c1O. The molecule has 27 heavy (non-hydrogen) atoms. The number of hydrogen-bond donors (Lipinski definition) is 1. The van der Waals surface area contributed by atoms with Crippen molar-refractivity contribution >= 4 is 18.0 Å². The van der Waals surface area contributed by atoms with Crippen LogP contribution in [0.3, 0.4) is 0 Å². The summed E-state index contributed by atoms with van der Waals surface area (Å²) in [5, 5.41) is 10.8. The van der Waals surface area contributed by atoms with Gasteiger partial charge in [0.05, 0.1) is 5.25 Å². The Kier molecular flexibility index (Phi) is 6.80. The molecule has 0 aliphatic heterocycles. The van der Waals surface area contributed by atoms with Crippen molar-refractivity contribution in [1.82, 2.24) is 0 Å². The van der Waals surface area contributed by atoms with E-state index >= 15 is 0 Å². The molecule has 2 nitrogen and oxygen atoms in total. The highest BCUT2D eigenvalue weighted by atomic mass is 32.2. The number of thioether (sulfide) groups is 1. The van der Waals surface area contributed by atoms with Gasteiger partial charge in [-0.25, -0.2) is 0 Å². The van der Waals surface area contributed by atoms with E-state index in [4.69, 9.17) is 0 Å². The predicted octanol–water partition coefficient (Wildman–Crippen LogP) is 6.03. The topological polar surface area (TPSA) is 37.3 Å². The minimum absolute atomic E-state index is 0.0719. The first-order valence-corrected chi connectivity index (χ1v) is 10.5. The third-order valence-electron chi connectivity index (χ3n) is 4.68. The summed E-state index contributed by atoms with van der Waals surface area (Å²) in [6.07, 6.45) is 1.79. The van der Waals surface area contributed by atoms with Gasteiger partial charge in [-0.3, -0.25) is 0 Å². The normalized spacial score (nSPS) is 13.4. The van der Waals surface area contributed by atoms with Crippen LogP contribution in [0.5, 0.6) is 5.75 Å². The molecule has 0 bridgehead atoms. The molecule has 1 unspecified atom stereocenters. The van der Waals surface area contributed by atoms with E-state index in [1.807, 2.05) is 18.2 Å². The summed E-state index contributed by atoms with van der Waals surface area (Å²) >= 11 is 1.66. The summed E-state index contributed by atoms with van der Waals surface area (Å²) in [6.45, 7) is 12.7. The van der Waals surface area contributed by atoms with Crippen LogP contribution in [0.15, 0.2) is 42.5 Å². The second kappa shape index (κ2) is 8.52. The van der Waals surface area contributed by atoms with Gasteiger partial charge in [-0.2, -0.15) is 0 Å². The molecule has 3 heteroatoms. The molecule has 1 atom stereocenters. The summed E-state index contributed by atoms with van der Waals surface area (Å²) in [5.41, 5.74) is 4.00. The van der Waals surface area contributed by atoms with Gasteiger partial charge in [0, 0.05) is 5.75 Å². The number of aromatic hydroxyl groups is 1. The van der Waals surface area contributed by atoms with E-state index in [-0.39, 0.29) is 16.1 Å². The van der Waals surface area contributed by atoms with E-state index in [9.17, 15) is 9.90 Å². The van der Waals surface area contributed by atoms with Gasteiger partial charge in [-0.15, -0.1) is 11.8 Å². The Morgan fingerprint density at radius 1 is 0.926 bits per heavy atom. The molecule has 0 aliphatic carbocycles. The average Bonchev–Trinajstić information content (AvgIpc) is 2.58. The molecule has 0 radical (unpaired) electrons. The van der Waals surface area contributed by atoms with Crippen LogP contribution in [0.4, 0.5) is 0 Å². The first-order valence-electron chi connectivity index (χ1n) is 9.50. The molecule has 0 amide bonds. The zero-order valence-electron chi connectivity index (χ0n) is 17.4. The van der Waals surface area contributed by atoms with Crippen LogP contribution in [0.25, 0.3) is 0 Å². The number of carbonyl (C=O) groups is 1. The Hall–Kier alpha value is -1.74. The van der Waals surface area contributed by atoms with Gasteiger partial charge in [0.2, 0.25) is 0 Å². The summed E-state index contributed by atoms with van der Waals surface area (Å²) in [4.78, 5) is 11.6.